The molecular formula is C21H29BrN2O3. The highest BCUT2D eigenvalue weighted by atomic mass is 79.9. The number of hydrogen-bond donors (Lipinski definition) is 1. The van der Waals surface area contributed by atoms with Crippen LogP contribution in [0.25, 0.3) is 11.3 Å². The van der Waals surface area contributed by atoms with Crippen LogP contribution in [0.4, 0.5) is 10.5 Å². The molecule has 0 aliphatic rings. The van der Waals surface area contributed by atoms with Crippen LogP contribution in [0.3, 0.4) is 0 Å². The second-order valence-corrected chi connectivity index (χ2v) is 9.32. The number of anilines is 1. The van der Waals surface area contributed by atoms with Crippen molar-refractivity contribution in [3.63, 3.8) is 0 Å². The standard InChI is InChI=1S/C21H29BrN2O3/c1-13(2)11-14(3)12-17-18(23-20(25)26-21(4,5)6)19(27-24-17)15-7-9-16(22)10-8-15/h7-10,13-14H,11-12H2,1-6H3,(H,23,25). The highest BCUT2D eigenvalue weighted by Crippen LogP contribution is 2.34. The largest absolute Gasteiger partial charge is 0.444 e. The molecule has 6 heteroatoms. The van der Waals surface area contributed by atoms with E-state index in [1.54, 1.807) is 0 Å². The molecule has 2 rings (SSSR count). The summed E-state index contributed by atoms with van der Waals surface area (Å²) in [6, 6.07) is 7.70. The number of amides is 1. The van der Waals surface area contributed by atoms with E-state index >= 15 is 0 Å². The van der Waals surface area contributed by atoms with Crippen LogP contribution in [0.2, 0.25) is 0 Å². The smallest absolute Gasteiger partial charge is 0.412 e. The van der Waals surface area contributed by atoms with Crippen LogP contribution in [-0.2, 0) is 11.2 Å². The van der Waals surface area contributed by atoms with Gasteiger partial charge in [0, 0.05) is 10.0 Å². The predicted molar refractivity (Wildman–Crippen MR) is 112 cm³/mol. The molecule has 1 N–H and O–H groups in total. The summed E-state index contributed by atoms with van der Waals surface area (Å²) in [5.41, 5.74) is 1.60. The zero-order valence-electron chi connectivity index (χ0n) is 16.9. The zero-order valence-corrected chi connectivity index (χ0v) is 18.5. The summed E-state index contributed by atoms with van der Waals surface area (Å²) in [5.74, 6) is 1.56. The minimum Gasteiger partial charge on any atom is -0.444 e. The summed E-state index contributed by atoms with van der Waals surface area (Å²) >= 11 is 3.43. The molecule has 1 aromatic carbocycles. The normalized spacial score (nSPS) is 12.9. The van der Waals surface area contributed by atoms with Gasteiger partial charge in [-0.25, -0.2) is 4.79 Å². The molecular weight excluding hydrogens is 408 g/mol. The van der Waals surface area contributed by atoms with Gasteiger partial charge in [0.1, 0.15) is 17.0 Å². The molecule has 1 aromatic heterocycles. The molecule has 1 atom stereocenters. The molecule has 0 aliphatic carbocycles. The maximum Gasteiger partial charge on any atom is 0.412 e. The van der Waals surface area contributed by atoms with Crippen LogP contribution in [0, 0.1) is 11.8 Å². The lowest BCUT2D eigenvalue weighted by Gasteiger charge is -2.20. The fourth-order valence-corrected chi connectivity index (χ4v) is 3.28. The van der Waals surface area contributed by atoms with Crippen LogP contribution in [-0.4, -0.2) is 16.9 Å². The third-order valence-corrected chi connectivity index (χ3v) is 4.44. The number of ether oxygens (including phenoxy) is 1. The van der Waals surface area contributed by atoms with Gasteiger partial charge in [-0.3, -0.25) is 5.32 Å². The second kappa shape index (κ2) is 8.91. The van der Waals surface area contributed by atoms with Crippen LogP contribution in [0.1, 0.15) is 53.7 Å². The third kappa shape index (κ3) is 6.69. The molecule has 1 amide bonds. The predicted octanol–water partition coefficient (Wildman–Crippen LogP) is 6.68. The molecule has 0 radical (unpaired) electrons. The Balaban J connectivity index is 2.33. The Hall–Kier alpha value is -1.82. The van der Waals surface area contributed by atoms with Gasteiger partial charge in [0.2, 0.25) is 0 Å². The Morgan fingerprint density at radius 2 is 1.85 bits per heavy atom. The van der Waals surface area contributed by atoms with Crippen LogP contribution >= 0.6 is 15.9 Å². The van der Waals surface area contributed by atoms with E-state index in [1.165, 1.54) is 0 Å². The Kier molecular flexibility index (Phi) is 7.09. The van der Waals surface area contributed by atoms with Gasteiger partial charge in [0.25, 0.3) is 0 Å². The summed E-state index contributed by atoms with van der Waals surface area (Å²) in [4.78, 5) is 12.4. The van der Waals surface area contributed by atoms with Crippen molar-refractivity contribution in [3.05, 3.63) is 34.4 Å². The number of halogens is 1. The molecule has 0 spiro atoms. The van der Waals surface area contributed by atoms with E-state index in [1.807, 2.05) is 45.0 Å². The van der Waals surface area contributed by atoms with Crippen molar-refractivity contribution in [1.29, 1.82) is 0 Å². The number of rotatable bonds is 6. The lowest BCUT2D eigenvalue weighted by Crippen LogP contribution is -2.27. The molecule has 1 heterocycles. The third-order valence-electron chi connectivity index (χ3n) is 3.91. The van der Waals surface area contributed by atoms with Crippen molar-refractivity contribution in [2.75, 3.05) is 5.32 Å². The maximum atomic E-state index is 12.4. The molecule has 0 fully saturated rings. The van der Waals surface area contributed by atoms with Crippen molar-refractivity contribution < 1.29 is 14.1 Å². The van der Waals surface area contributed by atoms with Gasteiger partial charge < -0.3 is 9.26 Å². The molecule has 0 saturated heterocycles. The molecule has 5 nitrogen and oxygen atoms in total. The number of aromatic nitrogens is 1. The van der Waals surface area contributed by atoms with E-state index in [4.69, 9.17) is 9.26 Å². The lowest BCUT2D eigenvalue weighted by molar-refractivity contribution is 0.0635. The number of benzene rings is 1. The summed E-state index contributed by atoms with van der Waals surface area (Å²) in [6.07, 6.45) is 1.29. The Bertz CT molecular complexity index is 761. The number of nitrogens with one attached hydrogen (secondary N) is 1. The Morgan fingerprint density at radius 3 is 2.41 bits per heavy atom. The molecule has 0 saturated carbocycles. The quantitative estimate of drug-likeness (QED) is 0.548. The zero-order chi connectivity index (χ0) is 20.2. The lowest BCUT2D eigenvalue weighted by atomic mass is 9.94. The maximum absolute atomic E-state index is 12.4. The van der Waals surface area contributed by atoms with Gasteiger partial charge in [-0.05, 0) is 69.7 Å². The van der Waals surface area contributed by atoms with Gasteiger partial charge in [-0.15, -0.1) is 0 Å². The molecule has 0 aliphatic heterocycles. The van der Waals surface area contributed by atoms with Gasteiger partial charge >= 0.3 is 6.09 Å². The molecule has 148 valence electrons. The van der Waals surface area contributed by atoms with E-state index in [0.717, 1.165) is 28.6 Å². The first-order valence-electron chi connectivity index (χ1n) is 9.29. The Labute approximate surface area is 170 Å². The van der Waals surface area contributed by atoms with Gasteiger partial charge in [-0.2, -0.15) is 0 Å². The van der Waals surface area contributed by atoms with Crippen molar-refractivity contribution in [1.82, 2.24) is 5.16 Å². The number of carbonyl (C=O) groups excluding carboxylic acids is 1. The van der Waals surface area contributed by atoms with Gasteiger partial charge in [0.05, 0.1) is 0 Å². The van der Waals surface area contributed by atoms with Crippen molar-refractivity contribution in [2.24, 2.45) is 11.8 Å². The van der Waals surface area contributed by atoms with Crippen molar-refractivity contribution in [3.8, 4) is 11.3 Å². The van der Waals surface area contributed by atoms with Gasteiger partial charge in [-0.1, -0.05) is 41.9 Å². The SMILES string of the molecule is CC(C)CC(C)Cc1noc(-c2ccc(Br)cc2)c1NC(=O)OC(C)(C)C. The highest BCUT2D eigenvalue weighted by Gasteiger charge is 2.24. The highest BCUT2D eigenvalue weighted by molar-refractivity contribution is 9.10. The van der Waals surface area contributed by atoms with E-state index in [9.17, 15) is 4.79 Å². The molecule has 0 bridgehead atoms. The van der Waals surface area contributed by atoms with E-state index < -0.39 is 11.7 Å². The average Bonchev–Trinajstić information content (AvgIpc) is 2.88. The average molecular weight is 437 g/mol. The summed E-state index contributed by atoms with van der Waals surface area (Å²) < 4.78 is 12.0. The molecule has 1 unspecified atom stereocenters. The number of carbonyl (C=O) groups is 1. The first-order chi connectivity index (χ1) is 12.5. The van der Waals surface area contributed by atoms with Crippen LogP contribution in [0.15, 0.2) is 33.3 Å². The molecule has 27 heavy (non-hydrogen) atoms. The monoisotopic (exact) mass is 436 g/mol. The Morgan fingerprint density at radius 1 is 1.22 bits per heavy atom. The summed E-state index contributed by atoms with van der Waals surface area (Å²) in [5, 5.41) is 7.11. The first-order valence-corrected chi connectivity index (χ1v) is 10.1. The van der Waals surface area contributed by atoms with Crippen molar-refractivity contribution >= 4 is 27.7 Å². The second-order valence-electron chi connectivity index (χ2n) is 8.41. The van der Waals surface area contributed by atoms with E-state index in [-0.39, 0.29) is 0 Å². The molecule has 2 aromatic rings. The van der Waals surface area contributed by atoms with Crippen molar-refractivity contribution in [2.45, 2.75) is 60.0 Å². The minimum atomic E-state index is -0.579. The van der Waals surface area contributed by atoms with E-state index in [2.05, 4.69) is 47.2 Å². The fraction of sp³-hybridized carbons (Fsp3) is 0.524. The number of nitrogens with zero attached hydrogens (tertiary/aromatic N) is 1. The fourth-order valence-electron chi connectivity index (χ4n) is 3.01. The van der Waals surface area contributed by atoms with Crippen LogP contribution < -0.4 is 5.32 Å². The topological polar surface area (TPSA) is 64.4 Å². The van der Waals surface area contributed by atoms with E-state index in [0.29, 0.717) is 23.3 Å². The summed E-state index contributed by atoms with van der Waals surface area (Å²) in [6.45, 7) is 12.1. The number of hydrogen-bond acceptors (Lipinski definition) is 4. The van der Waals surface area contributed by atoms with Crippen LogP contribution in [0.5, 0.6) is 0 Å². The minimum absolute atomic E-state index is 0.423. The summed E-state index contributed by atoms with van der Waals surface area (Å²) in [7, 11) is 0. The van der Waals surface area contributed by atoms with Gasteiger partial charge in [0.15, 0.2) is 5.76 Å². The first kappa shape index (κ1) is 21.5.